The van der Waals surface area contributed by atoms with Gasteiger partial charge in [-0.15, -0.1) is 0 Å². The van der Waals surface area contributed by atoms with Gasteiger partial charge in [-0.1, -0.05) is 28.1 Å². The van der Waals surface area contributed by atoms with Crippen LogP contribution in [-0.2, 0) is 11.2 Å². The Balaban J connectivity index is 1.68. The maximum atomic E-state index is 11.8. The number of halogens is 1. The quantitative estimate of drug-likeness (QED) is 0.876. The second-order valence-corrected chi connectivity index (χ2v) is 5.65. The van der Waals surface area contributed by atoms with Gasteiger partial charge in [0.2, 0.25) is 5.91 Å². The topological polar surface area (TPSA) is 41.1 Å². The molecule has 2 rings (SSSR count). The maximum absolute atomic E-state index is 11.8. The van der Waals surface area contributed by atoms with Crippen LogP contribution in [0.3, 0.4) is 0 Å². The summed E-state index contributed by atoms with van der Waals surface area (Å²) in [6.07, 6.45) is 3.99. The molecular weight excluding hydrogens is 292 g/mol. The van der Waals surface area contributed by atoms with Gasteiger partial charge in [0.15, 0.2) is 0 Å². The van der Waals surface area contributed by atoms with Crippen molar-refractivity contribution >= 4 is 21.8 Å². The van der Waals surface area contributed by atoms with Crippen molar-refractivity contribution in [3.63, 3.8) is 0 Å². The van der Waals surface area contributed by atoms with Gasteiger partial charge in [-0.25, -0.2) is 0 Å². The van der Waals surface area contributed by atoms with E-state index >= 15 is 0 Å². The molecule has 2 N–H and O–H groups in total. The minimum atomic E-state index is 0.103. The third-order valence-electron chi connectivity index (χ3n) is 3.23. The van der Waals surface area contributed by atoms with Crippen molar-refractivity contribution in [3.8, 4) is 0 Å². The number of nitrogens with one attached hydrogen (secondary N) is 2. The molecule has 98 valence electrons. The van der Waals surface area contributed by atoms with Crippen LogP contribution < -0.4 is 10.6 Å². The van der Waals surface area contributed by atoms with Gasteiger partial charge < -0.3 is 10.6 Å². The molecule has 0 bridgehead atoms. The normalized spacial score (nSPS) is 18.8. The van der Waals surface area contributed by atoms with Crippen molar-refractivity contribution in [3.05, 3.63) is 34.3 Å². The van der Waals surface area contributed by atoms with Crippen molar-refractivity contribution in [1.29, 1.82) is 0 Å². The predicted octanol–water partition coefficient (Wildman–Crippen LogP) is 2.25. The van der Waals surface area contributed by atoms with Crippen molar-refractivity contribution in [2.45, 2.75) is 31.7 Å². The summed E-state index contributed by atoms with van der Waals surface area (Å²) in [5, 5.41) is 6.41. The van der Waals surface area contributed by atoms with Crippen LogP contribution in [0.15, 0.2) is 28.7 Å². The van der Waals surface area contributed by atoms with Crippen molar-refractivity contribution < 1.29 is 4.79 Å². The van der Waals surface area contributed by atoms with Gasteiger partial charge in [-0.05, 0) is 43.5 Å². The first-order chi connectivity index (χ1) is 8.74. The Kier molecular flexibility index (Phi) is 5.20. The summed E-state index contributed by atoms with van der Waals surface area (Å²) in [5.74, 6) is 0.103. The lowest BCUT2D eigenvalue weighted by molar-refractivity contribution is -0.120. The molecule has 1 aliphatic heterocycles. The van der Waals surface area contributed by atoms with Crippen LogP contribution in [0.1, 0.15) is 24.8 Å². The molecule has 1 amide bonds. The number of amides is 1. The number of hydrogen-bond acceptors (Lipinski definition) is 2. The smallest absolute Gasteiger partial charge is 0.224 e. The predicted molar refractivity (Wildman–Crippen MR) is 76.5 cm³/mol. The van der Waals surface area contributed by atoms with Gasteiger partial charge in [-0.2, -0.15) is 0 Å². The van der Waals surface area contributed by atoms with E-state index in [1.165, 1.54) is 12.8 Å². The van der Waals surface area contributed by atoms with Crippen LogP contribution in [0, 0.1) is 0 Å². The zero-order valence-electron chi connectivity index (χ0n) is 10.4. The third-order valence-corrected chi connectivity index (χ3v) is 3.72. The summed E-state index contributed by atoms with van der Waals surface area (Å²) in [4.78, 5) is 11.8. The summed E-state index contributed by atoms with van der Waals surface area (Å²) < 4.78 is 1.02. The van der Waals surface area contributed by atoms with E-state index in [1.807, 2.05) is 24.3 Å². The molecule has 0 unspecified atom stereocenters. The van der Waals surface area contributed by atoms with Gasteiger partial charge >= 0.3 is 0 Å². The maximum Gasteiger partial charge on any atom is 0.224 e. The number of hydrogen-bond donors (Lipinski definition) is 2. The zero-order chi connectivity index (χ0) is 12.8. The van der Waals surface area contributed by atoms with E-state index in [1.54, 1.807) is 0 Å². The van der Waals surface area contributed by atoms with Gasteiger partial charge in [0.1, 0.15) is 0 Å². The van der Waals surface area contributed by atoms with Crippen LogP contribution in [0.2, 0.25) is 0 Å². The molecule has 1 atom stereocenters. The van der Waals surface area contributed by atoms with Crippen molar-refractivity contribution in [2.24, 2.45) is 0 Å². The van der Waals surface area contributed by atoms with Crippen molar-refractivity contribution in [2.75, 3.05) is 13.1 Å². The van der Waals surface area contributed by atoms with Gasteiger partial charge in [0.25, 0.3) is 0 Å². The lowest BCUT2D eigenvalue weighted by Crippen LogP contribution is -2.31. The first kappa shape index (κ1) is 13.6. The molecule has 0 spiro atoms. The number of carbonyl (C=O) groups excluding carboxylic acids is 1. The van der Waals surface area contributed by atoms with Crippen LogP contribution in [0.4, 0.5) is 0 Å². The minimum absolute atomic E-state index is 0.103. The Bertz CT molecular complexity index is 403. The molecule has 4 heteroatoms. The van der Waals surface area contributed by atoms with Crippen LogP contribution >= 0.6 is 15.9 Å². The summed E-state index contributed by atoms with van der Waals surface area (Å²) in [5.41, 5.74) is 1.04. The van der Waals surface area contributed by atoms with Crippen LogP contribution in [0.25, 0.3) is 0 Å². The highest BCUT2D eigenvalue weighted by Crippen LogP contribution is 2.12. The molecule has 0 aliphatic carbocycles. The molecule has 1 aromatic rings. The monoisotopic (exact) mass is 310 g/mol. The average Bonchev–Trinajstić information content (AvgIpc) is 2.82. The van der Waals surface area contributed by atoms with E-state index in [4.69, 9.17) is 0 Å². The molecule has 1 aliphatic rings. The highest BCUT2D eigenvalue weighted by atomic mass is 79.9. The Morgan fingerprint density at radius 2 is 2.39 bits per heavy atom. The van der Waals surface area contributed by atoms with E-state index in [9.17, 15) is 4.79 Å². The Hall–Kier alpha value is -0.870. The number of carbonyl (C=O) groups is 1. The second-order valence-electron chi connectivity index (χ2n) is 4.74. The average molecular weight is 311 g/mol. The van der Waals surface area contributed by atoms with E-state index in [0.717, 1.165) is 29.5 Å². The lowest BCUT2D eigenvalue weighted by atomic mass is 10.1. The summed E-state index contributed by atoms with van der Waals surface area (Å²) in [7, 11) is 0. The Morgan fingerprint density at radius 3 is 3.11 bits per heavy atom. The van der Waals surface area contributed by atoms with E-state index in [-0.39, 0.29) is 5.91 Å². The standard InChI is InChI=1S/C14H19BrN2O/c15-12-4-1-3-11(9-12)10-14(18)17-8-6-13-5-2-7-16-13/h1,3-4,9,13,16H,2,5-8,10H2,(H,17,18)/t13-/m0/s1. The van der Waals surface area contributed by atoms with Crippen LogP contribution in [-0.4, -0.2) is 25.0 Å². The van der Waals surface area contributed by atoms with Gasteiger partial charge in [-0.3, -0.25) is 4.79 Å². The summed E-state index contributed by atoms with van der Waals surface area (Å²) >= 11 is 3.41. The van der Waals surface area contributed by atoms with Gasteiger partial charge in [0, 0.05) is 17.1 Å². The molecule has 0 radical (unpaired) electrons. The molecular formula is C14H19BrN2O. The molecule has 3 nitrogen and oxygen atoms in total. The molecule has 1 fully saturated rings. The Labute approximate surface area is 116 Å². The fourth-order valence-corrected chi connectivity index (χ4v) is 2.73. The fourth-order valence-electron chi connectivity index (χ4n) is 2.28. The molecule has 1 saturated heterocycles. The molecule has 18 heavy (non-hydrogen) atoms. The molecule has 1 aromatic carbocycles. The molecule has 0 aromatic heterocycles. The van der Waals surface area contributed by atoms with Crippen LogP contribution in [0.5, 0.6) is 0 Å². The van der Waals surface area contributed by atoms with Crippen molar-refractivity contribution in [1.82, 2.24) is 10.6 Å². The first-order valence-electron chi connectivity index (χ1n) is 6.48. The third kappa shape index (κ3) is 4.42. The van der Waals surface area contributed by atoms with Gasteiger partial charge in [0.05, 0.1) is 6.42 Å². The SMILES string of the molecule is O=C(Cc1cccc(Br)c1)NCC[C@@H]1CCCN1. The minimum Gasteiger partial charge on any atom is -0.356 e. The molecule has 0 saturated carbocycles. The highest BCUT2D eigenvalue weighted by molar-refractivity contribution is 9.10. The zero-order valence-corrected chi connectivity index (χ0v) is 12.0. The highest BCUT2D eigenvalue weighted by Gasteiger charge is 2.13. The summed E-state index contributed by atoms with van der Waals surface area (Å²) in [6, 6.07) is 8.47. The molecule has 1 heterocycles. The van der Waals surface area contributed by atoms with E-state index < -0.39 is 0 Å². The first-order valence-corrected chi connectivity index (χ1v) is 7.28. The fraction of sp³-hybridized carbons (Fsp3) is 0.500. The van der Waals surface area contributed by atoms with E-state index in [2.05, 4.69) is 26.6 Å². The Morgan fingerprint density at radius 1 is 1.50 bits per heavy atom. The number of benzene rings is 1. The number of rotatable bonds is 5. The summed E-state index contributed by atoms with van der Waals surface area (Å²) in [6.45, 7) is 1.89. The second kappa shape index (κ2) is 6.90. The largest absolute Gasteiger partial charge is 0.356 e. The lowest BCUT2D eigenvalue weighted by Gasteiger charge is -2.10. The van der Waals surface area contributed by atoms with E-state index in [0.29, 0.717) is 12.5 Å².